The molecule has 1 fully saturated rings. The molecule has 3 amide bonds. The monoisotopic (exact) mass is 352 g/mol. The summed E-state index contributed by atoms with van der Waals surface area (Å²) in [5.74, 6) is 0.209. The van der Waals surface area contributed by atoms with Gasteiger partial charge in [-0.1, -0.05) is 11.6 Å². The largest absolute Gasteiger partial charge is 0.493 e. The first-order valence-electron chi connectivity index (χ1n) is 7.96. The molecule has 1 aliphatic heterocycles. The number of imide groups is 1. The van der Waals surface area contributed by atoms with Crippen molar-refractivity contribution in [1.29, 1.82) is 0 Å². The number of rotatable bonds is 8. The molecule has 1 aromatic carbocycles. The number of nitrogens with zero attached hydrogens (tertiary/aromatic N) is 1. The summed E-state index contributed by atoms with van der Waals surface area (Å²) in [5, 5.41) is 3.43. The zero-order valence-corrected chi connectivity index (χ0v) is 14.4. The smallest absolute Gasteiger partial charge is 0.229 e. The molecule has 0 spiro atoms. The number of aryl methyl sites for hydroxylation is 1. The molecule has 1 N–H and O–H groups in total. The number of benzene rings is 1. The first-order valence-corrected chi connectivity index (χ1v) is 8.34. The second kappa shape index (κ2) is 8.68. The van der Waals surface area contributed by atoms with E-state index in [1.807, 2.05) is 19.1 Å². The molecule has 1 heterocycles. The summed E-state index contributed by atoms with van der Waals surface area (Å²) >= 11 is 5.88. The van der Waals surface area contributed by atoms with E-state index < -0.39 is 0 Å². The Balaban J connectivity index is 1.59. The predicted octanol–water partition coefficient (Wildman–Crippen LogP) is 2.07. The average molecular weight is 353 g/mol. The quantitative estimate of drug-likeness (QED) is 0.574. The maximum Gasteiger partial charge on any atom is 0.229 e. The highest BCUT2D eigenvalue weighted by molar-refractivity contribution is 6.30. The van der Waals surface area contributed by atoms with Gasteiger partial charge in [0.15, 0.2) is 0 Å². The van der Waals surface area contributed by atoms with Gasteiger partial charge in [0.25, 0.3) is 0 Å². The van der Waals surface area contributed by atoms with E-state index in [-0.39, 0.29) is 43.5 Å². The maximum atomic E-state index is 11.7. The summed E-state index contributed by atoms with van der Waals surface area (Å²) in [6.45, 7) is 3.03. The van der Waals surface area contributed by atoms with Gasteiger partial charge in [-0.2, -0.15) is 0 Å². The van der Waals surface area contributed by atoms with Crippen LogP contribution in [-0.4, -0.2) is 42.3 Å². The molecule has 0 atom stereocenters. The lowest BCUT2D eigenvalue weighted by atomic mass is 10.2. The number of hydrogen-bond donors (Lipinski definition) is 1. The van der Waals surface area contributed by atoms with E-state index in [2.05, 4.69) is 5.32 Å². The molecule has 7 heteroatoms. The fourth-order valence-electron chi connectivity index (χ4n) is 2.43. The molecule has 0 aliphatic carbocycles. The fraction of sp³-hybridized carbons (Fsp3) is 0.471. The summed E-state index contributed by atoms with van der Waals surface area (Å²) in [6.07, 6.45) is 1.30. The lowest BCUT2D eigenvalue weighted by Gasteiger charge is -2.13. The highest BCUT2D eigenvalue weighted by Gasteiger charge is 2.28. The summed E-state index contributed by atoms with van der Waals surface area (Å²) in [7, 11) is 0. The highest BCUT2D eigenvalue weighted by Crippen LogP contribution is 2.21. The third kappa shape index (κ3) is 5.23. The lowest BCUT2D eigenvalue weighted by Crippen LogP contribution is -2.34. The molecule has 24 heavy (non-hydrogen) atoms. The van der Waals surface area contributed by atoms with Crippen LogP contribution in [0.1, 0.15) is 31.2 Å². The predicted molar refractivity (Wildman–Crippen MR) is 89.9 cm³/mol. The Morgan fingerprint density at radius 2 is 2.00 bits per heavy atom. The van der Waals surface area contributed by atoms with E-state index in [4.69, 9.17) is 16.3 Å². The highest BCUT2D eigenvalue weighted by atomic mass is 35.5. The number of amides is 3. The van der Waals surface area contributed by atoms with E-state index in [0.29, 0.717) is 24.6 Å². The number of halogens is 1. The zero-order valence-electron chi connectivity index (χ0n) is 13.6. The van der Waals surface area contributed by atoms with Crippen molar-refractivity contribution in [2.75, 3.05) is 19.7 Å². The van der Waals surface area contributed by atoms with Gasteiger partial charge in [0, 0.05) is 37.4 Å². The average Bonchev–Trinajstić information content (AvgIpc) is 2.85. The third-order valence-corrected chi connectivity index (χ3v) is 3.99. The van der Waals surface area contributed by atoms with Crippen molar-refractivity contribution in [2.24, 2.45) is 0 Å². The molecule has 130 valence electrons. The first kappa shape index (κ1) is 18.3. The standard InChI is InChI=1S/C17H21ClN2O4/c1-12-11-13(18)3-4-14(12)24-10-2-8-19-15(21)7-9-20-16(22)5-6-17(20)23/h3-4,11H,2,5-10H2,1H3,(H,19,21). The van der Waals surface area contributed by atoms with Crippen LogP contribution in [0.5, 0.6) is 5.75 Å². The Labute approximate surface area is 146 Å². The summed E-state index contributed by atoms with van der Waals surface area (Å²) < 4.78 is 5.64. The Kier molecular flexibility index (Phi) is 6.61. The zero-order chi connectivity index (χ0) is 17.5. The molecule has 2 rings (SSSR count). The van der Waals surface area contributed by atoms with E-state index in [1.54, 1.807) is 6.07 Å². The van der Waals surface area contributed by atoms with Gasteiger partial charge < -0.3 is 10.1 Å². The lowest BCUT2D eigenvalue weighted by molar-refractivity contribution is -0.138. The van der Waals surface area contributed by atoms with Crippen molar-refractivity contribution in [3.63, 3.8) is 0 Å². The van der Waals surface area contributed by atoms with Gasteiger partial charge in [0.1, 0.15) is 5.75 Å². The van der Waals surface area contributed by atoms with Gasteiger partial charge in [-0.15, -0.1) is 0 Å². The Hall–Kier alpha value is -2.08. The van der Waals surface area contributed by atoms with Crippen LogP contribution in [0, 0.1) is 6.92 Å². The molecule has 1 aliphatic rings. The van der Waals surface area contributed by atoms with Crippen molar-refractivity contribution >= 4 is 29.3 Å². The fourth-order valence-corrected chi connectivity index (χ4v) is 2.66. The second-order valence-corrected chi connectivity index (χ2v) is 6.09. The number of likely N-dealkylation sites (tertiary alicyclic amines) is 1. The SMILES string of the molecule is Cc1cc(Cl)ccc1OCCCNC(=O)CCN1C(=O)CCC1=O. The van der Waals surface area contributed by atoms with Crippen molar-refractivity contribution in [3.05, 3.63) is 28.8 Å². The summed E-state index contributed by atoms with van der Waals surface area (Å²) in [4.78, 5) is 35.7. The van der Waals surface area contributed by atoms with Crippen LogP contribution in [0.3, 0.4) is 0 Å². The van der Waals surface area contributed by atoms with Crippen LogP contribution < -0.4 is 10.1 Å². The maximum absolute atomic E-state index is 11.7. The van der Waals surface area contributed by atoms with Gasteiger partial charge in [-0.3, -0.25) is 19.3 Å². The molecular weight excluding hydrogens is 332 g/mol. The Morgan fingerprint density at radius 1 is 1.29 bits per heavy atom. The Morgan fingerprint density at radius 3 is 2.67 bits per heavy atom. The van der Waals surface area contributed by atoms with Crippen LogP contribution >= 0.6 is 11.6 Å². The molecule has 0 saturated carbocycles. The molecule has 6 nitrogen and oxygen atoms in total. The molecular formula is C17H21ClN2O4. The van der Waals surface area contributed by atoms with Gasteiger partial charge >= 0.3 is 0 Å². The van der Waals surface area contributed by atoms with Gasteiger partial charge in [0.05, 0.1) is 6.61 Å². The van der Waals surface area contributed by atoms with Gasteiger partial charge in [0.2, 0.25) is 17.7 Å². The topological polar surface area (TPSA) is 75.7 Å². The molecule has 1 aromatic rings. The van der Waals surface area contributed by atoms with Crippen molar-refractivity contribution in [2.45, 2.75) is 32.6 Å². The normalized spacial score (nSPS) is 14.2. The van der Waals surface area contributed by atoms with Crippen molar-refractivity contribution in [3.8, 4) is 5.75 Å². The van der Waals surface area contributed by atoms with Gasteiger partial charge in [-0.05, 0) is 37.1 Å². The van der Waals surface area contributed by atoms with E-state index in [0.717, 1.165) is 16.2 Å². The molecule has 1 saturated heterocycles. The van der Waals surface area contributed by atoms with Crippen LogP contribution in [0.2, 0.25) is 5.02 Å². The van der Waals surface area contributed by atoms with Crippen LogP contribution in [0.4, 0.5) is 0 Å². The van der Waals surface area contributed by atoms with Crippen molar-refractivity contribution in [1.82, 2.24) is 10.2 Å². The van der Waals surface area contributed by atoms with E-state index >= 15 is 0 Å². The van der Waals surface area contributed by atoms with Crippen molar-refractivity contribution < 1.29 is 19.1 Å². The summed E-state index contributed by atoms with van der Waals surface area (Å²) in [6, 6.07) is 5.42. The minimum Gasteiger partial charge on any atom is -0.493 e. The molecule has 0 aromatic heterocycles. The number of carbonyl (C=O) groups excluding carboxylic acids is 3. The minimum atomic E-state index is -0.195. The van der Waals surface area contributed by atoms with Crippen LogP contribution in [0.15, 0.2) is 18.2 Å². The van der Waals surface area contributed by atoms with Crippen LogP contribution in [0.25, 0.3) is 0 Å². The summed E-state index contributed by atoms with van der Waals surface area (Å²) in [5.41, 5.74) is 0.964. The number of carbonyl (C=O) groups is 3. The third-order valence-electron chi connectivity index (χ3n) is 3.76. The first-order chi connectivity index (χ1) is 11.5. The molecule has 0 unspecified atom stereocenters. The molecule has 0 bridgehead atoms. The molecule has 0 radical (unpaired) electrons. The van der Waals surface area contributed by atoms with Crippen LogP contribution in [-0.2, 0) is 14.4 Å². The Bertz CT molecular complexity index is 617. The number of hydrogen-bond acceptors (Lipinski definition) is 4. The van der Waals surface area contributed by atoms with Gasteiger partial charge in [-0.25, -0.2) is 0 Å². The van der Waals surface area contributed by atoms with E-state index in [9.17, 15) is 14.4 Å². The minimum absolute atomic E-state index is 0.134. The number of nitrogens with one attached hydrogen (secondary N) is 1. The number of ether oxygens (including phenoxy) is 1. The van der Waals surface area contributed by atoms with E-state index in [1.165, 1.54) is 0 Å². The second-order valence-electron chi connectivity index (χ2n) is 5.65.